The minimum absolute atomic E-state index is 0.140. The van der Waals surface area contributed by atoms with Gasteiger partial charge in [0.1, 0.15) is 12.3 Å². The van der Waals surface area contributed by atoms with E-state index in [-0.39, 0.29) is 6.54 Å². The molecule has 1 N–H and O–H groups in total. The number of amides is 1. The van der Waals surface area contributed by atoms with Gasteiger partial charge in [-0.3, -0.25) is 4.79 Å². The molecule has 1 amide bonds. The number of benzene rings is 2. The van der Waals surface area contributed by atoms with E-state index in [1.54, 1.807) is 23.0 Å². The van der Waals surface area contributed by atoms with Crippen molar-refractivity contribution in [3.63, 3.8) is 0 Å². The minimum Gasteiger partial charge on any atom is -0.477 e. The second-order valence-electron chi connectivity index (χ2n) is 6.90. The summed E-state index contributed by atoms with van der Waals surface area (Å²) < 4.78 is 44.8. The van der Waals surface area contributed by atoms with Crippen molar-refractivity contribution in [1.29, 1.82) is 0 Å². The highest BCUT2D eigenvalue weighted by Crippen LogP contribution is 2.34. The quantitative estimate of drug-likeness (QED) is 0.693. The Bertz CT molecular complexity index is 1000. The molecule has 1 aliphatic rings. The molecule has 0 saturated carbocycles. The second kappa shape index (κ2) is 8.10. The van der Waals surface area contributed by atoms with Crippen LogP contribution >= 0.6 is 0 Å². The van der Waals surface area contributed by atoms with Crippen molar-refractivity contribution in [3.05, 3.63) is 72.6 Å². The SMILES string of the molecule is O=C(NCC(F)(F)F)C1CN(Cc2ccc(-n3cccn3)cc2)c2ccccc2O1. The number of alkyl halides is 3. The lowest BCUT2D eigenvalue weighted by Gasteiger charge is -2.35. The summed E-state index contributed by atoms with van der Waals surface area (Å²) in [6.45, 7) is -0.771. The zero-order valence-corrected chi connectivity index (χ0v) is 15.8. The zero-order chi connectivity index (χ0) is 21.1. The van der Waals surface area contributed by atoms with E-state index in [2.05, 4.69) is 5.10 Å². The zero-order valence-electron chi connectivity index (χ0n) is 15.8. The van der Waals surface area contributed by atoms with Crippen molar-refractivity contribution >= 4 is 11.6 Å². The molecule has 0 fully saturated rings. The lowest BCUT2D eigenvalue weighted by Crippen LogP contribution is -2.50. The molecule has 3 aromatic rings. The van der Waals surface area contributed by atoms with Gasteiger partial charge < -0.3 is 15.0 Å². The summed E-state index contributed by atoms with van der Waals surface area (Å²) in [6.07, 6.45) is -1.97. The van der Waals surface area contributed by atoms with Crippen LogP contribution in [0.25, 0.3) is 5.69 Å². The number of nitrogens with one attached hydrogen (secondary N) is 1. The van der Waals surface area contributed by atoms with E-state index in [0.29, 0.717) is 12.3 Å². The first-order valence-corrected chi connectivity index (χ1v) is 9.33. The third-order valence-corrected chi connectivity index (χ3v) is 4.70. The van der Waals surface area contributed by atoms with Crippen molar-refractivity contribution in [2.75, 3.05) is 18.0 Å². The van der Waals surface area contributed by atoms with Crippen LogP contribution in [0.3, 0.4) is 0 Å². The molecule has 2 heterocycles. The van der Waals surface area contributed by atoms with Crippen LogP contribution in [0, 0.1) is 0 Å². The molecule has 1 atom stereocenters. The molecule has 1 aliphatic heterocycles. The summed E-state index contributed by atoms with van der Waals surface area (Å²) in [7, 11) is 0. The summed E-state index contributed by atoms with van der Waals surface area (Å²) in [4.78, 5) is 14.2. The molecule has 6 nitrogen and oxygen atoms in total. The molecular formula is C21H19F3N4O2. The summed E-state index contributed by atoms with van der Waals surface area (Å²) in [5.41, 5.74) is 2.68. The average Bonchev–Trinajstić information content (AvgIpc) is 3.27. The van der Waals surface area contributed by atoms with Gasteiger partial charge in [0, 0.05) is 18.9 Å². The Morgan fingerprint density at radius 1 is 1.13 bits per heavy atom. The molecule has 9 heteroatoms. The largest absolute Gasteiger partial charge is 0.477 e. The normalized spacial score (nSPS) is 16.0. The number of rotatable bonds is 5. The van der Waals surface area contributed by atoms with Crippen molar-refractivity contribution in [1.82, 2.24) is 15.1 Å². The van der Waals surface area contributed by atoms with Crippen molar-refractivity contribution in [2.24, 2.45) is 0 Å². The predicted octanol–water partition coefficient (Wildman–Crippen LogP) is 3.32. The van der Waals surface area contributed by atoms with Crippen LogP contribution in [0.15, 0.2) is 67.0 Å². The van der Waals surface area contributed by atoms with Crippen LogP contribution in [-0.2, 0) is 11.3 Å². The highest BCUT2D eigenvalue weighted by molar-refractivity contribution is 5.83. The molecule has 30 heavy (non-hydrogen) atoms. The molecule has 4 rings (SSSR count). The number of hydrogen-bond donors (Lipinski definition) is 1. The molecule has 1 unspecified atom stereocenters. The molecule has 0 spiro atoms. The third kappa shape index (κ3) is 4.56. The number of carbonyl (C=O) groups excluding carboxylic acids is 1. The summed E-state index contributed by atoms with van der Waals surface area (Å²) in [5, 5.41) is 6.10. The van der Waals surface area contributed by atoms with Crippen LogP contribution in [0.4, 0.5) is 18.9 Å². The van der Waals surface area contributed by atoms with Crippen LogP contribution in [0.1, 0.15) is 5.56 Å². The smallest absolute Gasteiger partial charge is 0.405 e. The summed E-state index contributed by atoms with van der Waals surface area (Å²) >= 11 is 0. The van der Waals surface area contributed by atoms with Gasteiger partial charge in [-0.25, -0.2) is 4.68 Å². The Morgan fingerprint density at radius 3 is 2.60 bits per heavy atom. The van der Waals surface area contributed by atoms with E-state index in [0.717, 1.165) is 16.9 Å². The van der Waals surface area contributed by atoms with E-state index in [1.807, 2.05) is 58.9 Å². The Kier molecular flexibility index (Phi) is 5.35. The molecule has 0 aliphatic carbocycles. The number of aromatic nitrogens is 2. The number of fused-ring (bicyclic) bond motifs is 1. The fraction of sp³-hybridized carbons (Fsp3) is 0.238. The average molecular weight is 416 g/mol. The number of hydrogen-bond acceptors (Lipinski definition) is 4. The lowest BCUT2D eigenvalue weighted by atomic mass is 10.1. The monoisotopic (exact) mass is 416 g/mol. The number of carbonyl (C=O) groups is 1. The Hall–Kier alpha value is -3.49. The first-order chi connectivity index (χ1) is 14.4. The van der Waals surface area contributed by atoms with Gasteiger partial charge in [-0.2, -0.15) is 18.3 Å². The summed E-state index contributed by atoms with van der Waals surface area (Å²) in [6, 6.07) is 16.8. The van der Waals surface area contributed by atoms with Gasteiger partial charge >= 0.3 is 6.18 Å². The van der Waals surface area contributed by atoms with E-state index in [1.165, 1.54) is 0 Å². The standard InChI is InChI=1S/C21H19F3N4O2/c22-21(23,24)14-25-20(29)19-13-27(17-4-1-2-5-18(17)30-19)12-15-6-8-16(9-7-15)28-11-3-10-26-28/h1-11,19H,12-14H2,(H,25,29). The summed E-state index contributed by atoms with van der Waals surface area (Å²) in [5.74, 6) is -0.329. The van der Waals surface area contributed by atoms with Crippen LogP contribution in [0.5, 0.6) is 5.75 Å². The van der Waals surface area contributed by atoms with Gasteiger partial charge in [0.25, 0.3) is 5.91 Å². The Labute approximate surface area is 170 Å². The first kappa shape index (κ1) is 19.8. The highest BCUT2D eigenvalue weighted by atomic mass is 19.4. The maximum Gasteiger partial charge on any atom is 0.405 e. The molecule has 0 bridgehead atoms. The van der Waals surface area contributed by atoms with Crippen LogP contribution < -0.4 is 15.0 Å². The van der Waals surface area contributed by atoms with Gasteiger partial charge in [0.2, 0.25) is 0 Å². The second-order valence-corrected chi connectivity index (χ2v) is 6.90. The molecule has 1 aromatic heterocycles. The third-order valence-electron chi connectivity index (χ3n) is 4.70. The fourth-order valence-electron chi connectivity index (χ4n) is 3.29. The van der Waals surface area contributed by atoms with Crippen LogP contribution in [-0.4, -0.2) is 41.1 Å². The van der Waals surface area contributed by atoms with Crippen molar-refractivity contribution in [2.45, 2.75) is 18.8 Å². The number of anilines is 1. The van der Waals surface area contributed by atoms with Gasteiger partial charge in [0.15, 0.2) is 6.10 Å². The van der Waals surface area contributed by atoms with E-state index >= 15 is 0 Å². The first-order valence-electron chi connectivity index (χ1n) is 9.33. The van der Waals surface area contributed by atoms with Gasteiger partial charge in [0.05, 0.1) is 17.9 Å². The Morgan fingerprint density at radius 2 is 1.90 bits per heavy atom. The number of nitrogens with zero attached hydrogens (tertiary/aromatic N) is 3. The lowest BCUT2D eigenvalue weighted by molar-refractivity contribution is -0.142. The van der Waals surface area contributed by atoms with Crippen molar-refractivity contribution in [3.8, 4) is 11.4 Å². The topological polar surface area (TPSA) is 59.4 Å². The molecule has 0 radical (unpaired) electrons. The van der Waals surface area contributed by atoms with E-state index < -0.39 is 24.7 Å². The van der Waals surface area contributed by atoms with Gasteiger partial charge in [-0.15, -0.1) is 0 Å². The highest BCUT2D eigenvalue weighted by Gasteiger charge is 2.34. The van der Waals surface area contributed by atoms with Crippen LogP contribution in [0.2, 0.25) is 0 Å². The molecule has 156 valence electrons. The van der Waals surface area contributed by atoms with E-state index in [9.17, 15) is 18.0 Å². The predicted molar refractivity (Wildman–Crippen MR) is 105 cm³/mol. The minimum atomic E-state index is -4.47. The maximum atomic E-state index is 12.4. The number of halogens is 3. The fourth-order valence-corrected chi connectivity index (χ4v) is 3.29. The molecule has 2 aromatic carbocycles. The number of ether oxygens (including phenoxy) is 1. The van der Waals surface area contributed by atoms with Gasteiger partial charge in [-0.05, 0) is 35.9 Å². The number of para-hydroxylation sites is 2. The van der Waals surface area contributed by atoms with E-state index in [4.69, 9.17) is 4.74 Å². The molecular weight excluding hydrogens is 397 g/mol. The van der Waals surface area contributed by atoms with Gasteiger partial charge in [-0.1, -0.05) is 24.3 Å². The van der Waals surface area contributed by atoms with Crippen molar-refractivity contribution < 1.29 is 22.7 Å². The molecule has 0 saturated heterocycles. The Balaban J connectivity index is 1.50. The maximum absolute atomic E-state index is 12.4.